The van der Waals surface area contributed by atoms with Gasteiger partial charge in [0, 0.05) is 32.0 Å². The third-order valence-corrected chi connectivity index (χ3v) is 5.50. The maximum Gasteiger partial charge on any atom is 0.241 e. The Kier molecular flexibility index (Phi) is 3.09. The molecule has 17 heavy (non-hydrogen) atoms. The van der Waals surface area contributed by atoms with Crippen molar-refractivity contribution in [3.8, 4) is 0 Å². The first-order valence-electron chi connectivity index (χ1n) is 5.58. The van der Waals surface area contributed by atoms with Crippen LogP contribution in [0.3, 0.4) is 0 Å². The number of sulfonamides is 1. The van der Waals surface area contributed by atoms with E-state index < -0.39 is 14.8 Å². The van der Waals surface area contributed by atoms with E-state index in [1.165, 1.54) is 4.31 Å². The van der Waals surface area contributed by atoms with E-state index >= 15 is 0 Å². The second kappa shape index (κ2) is 4.27. The lowest BCUT2D eigenvalue weighted by Crippen LogP contribution is -2.46. The summed E-state index contributed by atoms with van der Waals surface area (Å²) in [5.74, 6) is 0. The van der Waals surface area contributed by atoms with Crippen molar-refractivity contribution < 1.29 is 8.42 Å². The number of nitrogens with one attached hydrogen (secondary N) is 1. The summed E-state index contributed by atoms with van der Waals surface area (Å²) in [4.78, 5) is 3.91. The lowest BCUT2D eigenvalue weighted by molar-refractivity contribution is 0.535. The van der Waals surface area contributed by atoms with Gasteiger partial charge in [0.05, 0.1) is 10.4 Å². The number of nitrogens with zero attached hydrogens (tertiary/aromatic N) is 2. The predicted molar refractivity (Wildman–Crippen MR) is 67.5 cm³/mol. The van der Waals surface area contributed by atoms with E-state index in [2.05, 4.69) is 10.3 Å². The SMILES string of the molecule is CC1(C)CNCCN(c2ccncc2)S1(=O)=O. The molecule has 6 heteroatoms. The highest BCUT2D eigenvalue weighted by Gasteiger charge is 2.40. The summed E-state index contributed by atoms with van der Waals surface area (Å²) in [5.41, 5.74) is 0.678. The molecule has 0 aromatic carbocycles. The standard InChI is InChI=1S/C11H17N3O2S/c1-11(2)9-13-7-8-14(17(11,15)16)10-3-5-12-6-4-10/h3-6,13H,7-9H2,1-2H3. The quantitative estimate of drug-likeness (QED) is 0.798. The van der Waals surface area contributed by atoms with Gasteiger partial charge in [-0.1, -0.05) is 0 Å². The second-order valence-corrected chi connectivity index (χ2v) is 7.22. The molecule has 94 valence electrons. The maximum absolute atomic E-state index is 12.5. The van der Waals surface area contributed by atoms with Crippen molar-refractivity contribution in [2.24, 2.45) is 0 Å². The van der Waals surface area contributed by atoms with Crippen LogP contribution in [0.2, 0.25) is 0 Å². The van der Waals surface area contributed by atoms with Crippen LogP contribution >= 0.6 is 0 Å². The molecule has 0 aliphatic carbocycles. The highest BCUT2D eigenvalue weighted by molar-refractivity contribution is 7.94. The number of hydrogen-bond acceptors (Lipinski definition) is 4. The molecule has 0 bridgehead atoms. The third kappa shape index (κ3) is 2.14. The highest BCUT2D eigenvalue weighted by Crippen LogP contribution is 2.27. The minimum absolute atomic E-state index is 0.454. The van der Waals surface area contributed by atoms with Gasteiger partial charge in [-0.3, -0.25) is 9.29 Å². The zero-order valence-electron chi connectivity index (χ0n) is 10.0. The zero-order chi connectivity index (χ0) is 12.5. The van der Waals surface area contributed by atoms with Crippen LogP contribution in [-0.2, 0) is 10.0 Å². The van der Waals surface area contributed by atoms with E-state index in [1.54, 1.807) is 38.4 Å². The Morgan fingerprint density at radius 2 is 2.00 bits per heavy atom. The zero-order valence-corrected chi connectivity index (χ0v) is 10.9. The normalized spacial score (nSPS) is 23.1. The van der Waals surface area contributed by atoms with Crippen molar-refractivity contribution in [1.29, 1.82) is 0 Å². The summed E-state index contributed by atoms with van der Waals surface area (Å²) in [6, 6.07) is 3.44. The third-order valence-electron chi connectivity index (χ3n) is 2.98. The van der Waals surface area contributed by atoms with Crippen LogP contribution in [0.25, 0.3) is 0 Å². The number of pyridine rings is 1. The van der Waals surface area contributed by atoms with Gasteiger partial charge in [0.15, 0.2) is 0 Å². The smallest absolute Gasteiger partial charge is 0.241 e. The van der Waals surface area contributed by atoms with Crippen molar-refractivity contribution in [3.63, 3.8) is 0 Å². The fourth-order valence-electron chi connectivity index (χ4n) is 1.86. The summed E-state index contributed by atoms with van der Waals surface area (Å²) >= 11 is 0. The summed E-state index contributed by atoms with van der Waals surface area (Å²) < 4.78 is 25.7. The van der Waals surface area contributed by atoms with Gasteiger partial charge in [-0.15, -0.1) is 0 Å². The molecule has 2 heterocycles. The first-order chi connectivity index (χ1) is 7.95. The van der Waals surface area contributed by atoms with Gasteiger partial charge in [0.2, 0.25) is 10.0 Å². The summed E-state index contributed by atoms with van der Waals surface area (Å²) in [7, 11) is -3.35. The fourth-order valence-corrected chi connectivity index (χ4v) is 3.47. The minimum Gasteiger partial charge on any atom is -0.313 e. The molecule has 2 rings (SSSR count). The van der Waals surface area contributed by atoms with Gasteiger partial charge in [0.1, 0.15) is 0 Å². The van der Waals surface area contributed by atoms with Crippen molar-refractivity contribution in [3.05, 3.63) is 24.5 Å². The van der Waals surface area contributed by atoms with E-state index in [9.17, 15) is 8.42 Å². The molecule has 1 aliphatic rings. The van der Waals surface area contributed by atoms with Crippen molar-refractivity contribution >= 4 is 15.7 Å². The van der Waals surface area contributed by atoms with Gasteiger partial charge in [-0.05, 0) is 26.0 Å². The molecule has 0 saturated carbocycles. The topological polar surface area (TPSA) is 62.3 Å². The van der Waals surface area contributed by atoms with Crippen molar-refractivity contribution in [2.75, 3.05) is 23.9 Å². The monoisotopic (exact) mass is 255 g/mol. The molecule has 1 aromatic heterocycles. The van der Waals surface area contributed by atoms with Crippen molar-refractivity contribution in [2.45, 2.75) is 18.6 Å². The number of hydrogen-bond donors (Lipinski definition) is 1. The van der Waals surface area contributed by atoms with Crippen LogP contribution in [0.1, 0.15) is 13.8 Å². The van der Waals surface area contributed by atoms with E-state index in [4.69, 9.17) is 0 Å². The molecule has 0 unspecified atom stereocenters. The molecule has 1 saturated heterocycles. The Labute approximate surface area is 102 Å². The highest BCUT2D eigenvalue weighted by atomic mass is 32.2. The van der Waals surface area contributed by atoms with Crippen LogP contribution < -0.4 is 9.62 Å². The Balaban J connectivity index is 2.46. The average Bonchev–Trinajstić information content (AvgIpc) is 2.38. The minimum atomic E-state index is -3.35. The van der Waals surface area contributed by atoms with E-state index in [0.29, 0.717) is 25.3 Å². The largest absolute Gasteiger partial charge is 0.313 e. The molecule has 0 spiro atoms. The van der Waals surface area contributed by atoms with Crippen LogP contribution in [-0.4, -0.2) is 37.8 Å². The summed E-state index contributed by atoms with van der Waals surface area (Å²) in [5, 5.41) is 3.16. The molecular formula is C11H17N3O2S. The molecule has 5 nitrogen and oxygen atoms in total. The summed E-state index contributed by atoms with van der Waals surface area (Å²) in [6.45, 7) is 5.07. The van der Waals surface area contributed by atoms with Gasteiger partial charge in [-0.2, -0.15) is 0 Å². The molecule has 1 N–H and O–H groups in total. The first-order valence-corrected chi connectivity index (χ1v) is 7.02. The second-order valence-electron chi connectivity index (χ2n) is 4.72. The summed E-state index contributed by atoms with van der Waals surface area (Å²) in [6.07, 6.45) is 3.21. The molecule has 0 amide bonds. The Hall–Kier alpha value is -1.14. The van der Waals surface area contributed by atoms with Gasteiger partial charge in [0.25, 0.3) is 0 Å². The average molecular weight is 255 g/mol. The van der Waals surface area contributed by atoms with Crippen LogP contribution in [0.4, 0.5) is 5.69 Å². The van der Waals surface area contributed by atoms with E-state index in [0.717, 1.165) is 0 Å². The lowest BCUT2D eigenvalue weighted by Gasteiger charge is -2.30. The Morgan fingerprint density at radius 1 is 1.35 bits per heavy atom. The molecule has 0 radical (unpaired) electrons. The van der Waals surface area contributed by atoms with E-state index in [-0.39, 0.29) is 0 Å². The van der Waals surface area contributed by atoms with Crippen LogP contribution in [0, 0.1) is 0 Å². The predicted octanol–water partition coefficient (Wildman–Crippen LogP) is 0.600. The first kappa shape index (κ1) is 12.3. The van der Waals surface area contributed by atoms with Gasteiger partial charge < -0.3 is 5.32 Å². The molecule has 1 aliphatic heterocycles. The number of anilines is 1. The molecule has 1 aromatic rings. The Bertz CT molecular complexity index is 485. The van der Waals surface area contributed by atoms with Crippen molar-refractivity contribution in [1.82, 2.24) is 10.3 Å². The molecule has 1 fully saturated rings. The Morgan fingerprint density at radius 3 is 2.65 bits per heavy atom. The number of aromatic nitrogens is 1. The maximum atomic E-state index is 12.5. The van der Waals surface area contributed by atoms with Crippen LogP contribution in [0.5, 0.6) is 0 Å². The fraction of sp³-hybridized carbons (Fsp3) is 0.545. The van der Waals surface area contributed by atoms with Gasteiger partial charge >= 0.3 is 0 Å². The van der Waals surface area contributed by atoms with Gasteiger partial charge in [-0.25, -0.2) is 8.42 Å². The molecule has 0 atom stereocenters. The lowest BCUT2D eigenvalue weighted by atomic mass is 10.2. The molecular weight excluding hydrogens is 238 g/mol. The van der Waals surface area contributed by atoms with Crippen LogP contribution in [0.15, 0.2) is 24.5 Å². The number of rotatable bonds is 1. The van der Waals surface area contributed by atoms with E-state index in [1.807, 2.05) is 0 Å².